The molecule has 1 aromatic heterocycles. The quantitative estimate of drug-likeness (QED) is 0.797. The smallest absolute Gasteiger partial charge is 0.123 e. The number of aromatic nitrogens is 2. The van der Waals surface area contributed by atoms with Crippen molar-refractivity contribution >= 4 is 0 Å². The molecule has 2 aromatic carbocycles. The number of aliphatic hydroxyl groups excluding tert-OH is 1. The molecule has 106 valence electrons. The lowest BCUT2D eigenvalue weighted by Crippen LogP contribution is -2.04. The molecule has 1 heterocycles. The van der Waals surface area contributed by atoms with E-state index in [0.29, 0.717) is 12.1 Å². The molecule has 3 aromatic rings. The van der Waals surface area contributed by atoms with Crippen LogP contribution in [0.2, 0.25) is 0 Å². The summed E-state index contributed by atoms with van der Waals surface area (Å²) < 4.78 is 14.9. The van der Waals surface area contributed by atoms with Crippen LogP contribution in [0, 0.1) is 5.82 Å². The second-order valence-electron chi connectivity index (χ2n) is 4.87. The van der Waals surface area contributed by atoms with Gasteiger partial charge in [0.1, 0.15) is 11.9 Å². The molecule has 0 bridgehead atoms. The molecule has 21 heavy (non-hydrogen) atoms. The van der Waals surface area contributed by atoms with Crippen LogP contribution in [0.15, 0.2) is 66.9 Å². The summed E-state index contributed by atoms with van der Waals surface area (Å²) in [7, 11) is 0. The minimum Gasteiger partial charge on any atom is -0.386 e. The van der Waals surface area contributed by atoms with Crippen molar-refractivity contribution in [1.29, 1.82) is 0 Å². The fourth-order valence-corrected chi connectivity index (χ4v) is 2.23. The molecule has 0 saturated heterocycles. The van der Waals surface area contributed by atoms with Crippen LogP contribution in [-0.4, -0.2) is 14.9 Å². The average molecular weight is 282 g/mol. The summed E-state index contributed by atoms with van der Waals surface area (Å²) in [5.74, 6) is -0.297. The van der Waals surface area contributed by atoms with E-state index < -0.39 is 6.10 Å². The summed E-state index contributed by atoms with van der Waals surface area (Å²) >= 11 is 0. The van der Waals surface area contributed by atoms with Gasteiger partial charge >= 0.3 is 0 Å². The summed E-state index contributed by atoms with van der Waals surface area (Å²) in [6.07, 6.45) is 1.39. The Morgan fingerprint density at radius 1 is 1.05 bits per heavy atom. The lowest BCUT2D eigenvalue weighted by atomic mass is 10.1. The van der Waals surface area contributed by atoms with Crippen molar-refractivity contribution in [3.63, 3.8) is 0 Å². The monoisotopic (exact) mass is 282 g/mol. The number of nitrogens with zero attached hydrogens (tertiary/aromatic N) is 2. The Morgan fingerprint density at radius 3 is 2.62 bits per heavy atom. The van der Waals surface area contributed by atoms with Gasteiger partial charge < -0.3 is 5.11 Å². The molecule has 0 aliphatic heterocycles. The van der Waals surface area contributed by atoms with Crippen LogP contribution in [-0.2, 0) is 6.42 Å². The average Bonchev–Trinajstić information content (AvgIpc) is 2.98. The third-order valence-corrected chi connectivity index (χ3v) is 3.29. The standard InChI is InChI=1S/C17H15FN2O/c18-14-6-4-5-13(11-14)12-17(21)16-9-10-20(19-16)15-7-2-1-3-8-15/h1-11,17,21H,12H2. The molecule has 0 amide bonds. The fraction of sp³-hybridized carbons (Fsp3) is 0.118. The van der Waals surface area contributed by atoms with E-state index >= 15 is 0 Å². The molecule has 3 nitrogen and oxygen atoms in total. The Morgan fingerprint density at radius 2 is 1.86 bits per heavy atom. The molecule has 1 N–H and O–H groups in total. The number of benzene rings is 2. The van der Waals surface area contributed by atoms with E-state index in [1.165, 1.54) is 12.1 Å². The van der Waals surface area contributed by atoms with Crippen molar-refractivity contribution in [3.8, 4) is 5.69 Å². The van der Waals surface area contributed by atoms with E-state index in [4.69, 9.17) is 0 Å². The van der Waals surface area contributed by atoms with Gasteiger partial charge in [0, 0.05) is 12.6 Å². The minimum absolute atomic E-state index is 0.297. The van der Waals surface area contributed by atoms with Gasteiger partial charge in [0.05, 0.1) is 11.4 Å². The van der Waals surface area contributed by atoms with Gasteiger partial charge in [-0.1, -0.05) is 30.3 Å². The zero-order valence-electron chi connectivity index (χ0n) is 11.4. The summed E-state index contributed by atoms with van der Waals surface area (Å²) in [6.45, 7) is 0. The van der Waals surface area contributed by atoms with Crippen LogP contribution in [0.5, 0.6) is 0 Å². The second kappa shape index (κ2) is 5.89. The van der Waals surface area contributed by atoms with Gasteiger partial charge in [-0.05, 0) is 35.9 Å². The maximum atomic E-state index is 13.1. The highest BCUT2D eigenvalue weighted by molar-refractivity contribution is 5.30. The van der Waals surface area contributed by atoms with E-state index in [0.717, 1.165) is 11.3 Å². The number of para-hydroxylation sites is 1. The van der Waals surface area contributed by atoms with Crippen LogP contribution in [0.25, 0.3) is 5.69 Å². The number of hydrogen-bond acceptors (Lipinski definition) is 2. The first kappa shape index (κ1) is 13.5. The van der Waals surface area contributed by atoms with E-state index in [1.54, 1.807) is 29.1 Å². The molecule has 0 aliphatic carbocycles. The molecule has 4 heteroatoms. The van der Waals surface area contributed by atoms with Gasteiger partial charge in [0.15, 0.2) is 0 Å². The molecule has 0 radical (unpaired) electrons. The predicted octanol–water partition coefficient (Wildman–Crippen LogP) is 3.29. The van der Waals surface area contributed by atoms with Crippen molar-refractivity contribution in [2.45, 2.75) is 12.5 Å². The van der Waals surface area contributed by atoms with Gasteiger partial charge in [-0.3, -0.25) is 0 Å². The lowest BCUT2D eigenvalue weighted by molar-refractivity contribution is 0.173. The molecular formula is C17H15FN2O. The molecule has 3 rings (SSSR count). The van der Waals surface area contributed by atoms with E-state index in [1.807, 2.05) is 30.3 Å². The van der Waals surface area contributed by atoms with Crippen LogP contribution >= 0.6 is 0 Å². The van der Waals surface area contributed by atoms with Gasteiger partial charge in [-0.25, -0.2) is 9.07 Å². The van der Waals surface area contributed by atoms with Crippen molar-refractivity contribution in [2.75, 3.05) is 0 Å². The largest absolute Gasteiger partial charge is 0.386 e. The predicted molar refractivity (Wildman–Crippen MR) is 78.6 cm³/mol. The van der Waals surface area contributed by atoms with Crippen molar-refractivity contribution in [3.05, 3.63) is 83.9 Å². The zero-order valence-corrected chi connectivity index (χ0v) is 11.4. The van der Waals surface area contributed by atoms with Crippen molar-refractivity contribution in [2.24, 2.45) is 0 Å². The summed E-state index contributed by atoms with van der Waals surface area (Å²) in [5.41, 5.74) is 2.25. The lowest BCUT2D eigenvalue weighted by Gasteiger charge is -2.08. The second-order valence-corrected chi connectivity index (χ2v) is 4.87. The van der Waals surface area contributed by atoms with Crippen LogP contribution in [0.1, 0.15) is 17.4 Å². The maximum absolute atomic E-state index is 13.1. The Kier molecular flexibility index (Phi) is 3.79. The highest BCUT2D eigenvalue weighted by Crippen LogP contribution is 2.18. The maximum Gasteiger partial charge on any atom is 0.123 e. The Balaban J connectivity index is 1.77. The number of aliphatic hydroxyl groups is 1. The van der Waals surface area contributed by atoms with Gasteiger partial charge in [0.2, 0.25) is 0 Å². The Hall–Kier alpha value is -2.46. The molecule has 1 atom stereocenters. The Bertz CT molecular complexity index is 724. The van der Waals surface area contributed by atoms with Crippen molar-refractivity contribution < 1.29 is 9.50 Å². The van der Waals surface area contributed by atoms with Crippen molar-refractivity contribution in [1.82, 2.24) is 9.78 Å². The first-order chi connectivity index (χ1) is 10.2. The first-order valence-corrected chi connectivity index (χ1v) is 6.76. The topological polar surface area (TPSA) is 38.0 Å². The molecule has 1 unspecified atom stereocenters. The molecule has 0 fully saturated rings. The third-order valence-electron chi connectivity index (χ3n) is 3.29. The number of rotatable bonds is 4. The minimum atomic E-state index is -0.753. The number of halogens is 1. The Labute approximate surface area is 122 Å². The van der Waals surface area contributed by atoms with Crippen LogP contribution in [0.3, 0.4) is 0 Å². The van der Waals surface area contributed by atoms with E-state index in [-0.39, 0.29) is 5.82 Å². The van der Waals surface area contributed by atoms with Gasteiger partial charge in [-0.15, -0.1) is 0 Å². The SMILES string of the molecule is OC(Cc1cccc(F)c1)c1ccn(-c2ccccc2)n1. The zero-order chi connectivity index (χ0) is 14.7. The molecular weight excluding hydrogens is 267 g/mol. The normalized spacial score (nSPS) is 12.3. The number of hydrogen-bond donors (Lipinski definition) is 1. The summed E-state index contributed by atoms with van der Waals surface area (Å²) in [5, 5.41) is 14.6. The van der Waals surface area contributed by atoms with Crippen LogP contribution < -0.4 is 0 Å². The summed E-state index contributed by atoms with van der Waals surface area (Å²) in [6, 6.07) is 17.7. The van der Waals surface area contributed by atoms with Gasteiger partial charge in [-0.2, -0.15) is 5.10 Å². The highest BCUT2D eigenvalue weighted by atomic mass is 19.1. The molecule has 0 spiro atoms. The van der Waals surface area contributed by atoms with E-state index in [9.17, 15) is 9.50 Å². The first-order valence-electron chi connectivity index (χ1n) is 6.76. The van der Waals surface area contributed by atoms with Crippen LogP contribution in [0.4, 0.5) is 4.39 Å². The fourth-order valence-electron chi connectivity index (χ4n) is 2.23. The third kappa shape index (κ3) is 3.17. The van der Waals surface area contributed by atoms with E-state index in [2.05, 4.69) is 5.10 Å². The van der Waals surface area contributed by atoms with Gasteiger partial charge in [0.25, 0.3) is 0 Å². The molecule has 0 saturated carbocycles. The summed E-state index contributed by atoms with van der Waals surface area (Å²) in [4.78, 5) is 0. The molecule has 0 aliphatic rings. The highest BCUT2D eigenvalue weighted by Gasteiger charge is 2.12.